The number of benzene rings is 4. The van der Waals surface area contributed by atoms with Crippen LogP contribution in [0.3, 0.4) is 0 Å². The monoisotopic (exact) mass is 792 g/mol. The van der Waals surface area contributed by atoms with Crippen molar-refractivity contribution in [1.82, 2.24) is 0 Å². The molecular formula is C46H52Cl2SiZr. The van der Waals surface area contributed by atoms with E-state index in [0.29, 0.717) is 0 Å². The Morgan fingerprint density at radius 3 is 1.22 bits per heavy atom. The van der Waals surface area contributed by atoms with Gasteiger partial charge in [0.15, 0.2) is 0 Å². The van der Waals surface area contributed by atoms with Gasteiger partial charge in [-0.3, -0.25) is 0 Å². The van der Waals surface area contributed by atoms with Crippen molar-refractivity contribution in [1.29, 1.82) is 0 Å². The van der Waals surface area contributed by atoms with E-state index in [0.717, 1.165) is 21.4 Å². The molecule has 0 spiro atoms. The molecule has 0 saturated heterocycles. The Hall–Kier alpha value is -2.22. The van der Waals surface area contributed by atoms with Gasteiger partial charge in [0.25, 0.3) is 0 Å². The molecule has 6 aromatic rings. The van der Waals surface area contributed by atoms with E-state index in [1.165, 1.54) is 130 Å². The van der Waals surface area contributed by atoms with Crippen LogP contribution in [0.5, 0.6) is 0 Å². The summed E-state index contributed by atoms with van der Waals surface area (Å²) in [6.07, 6.45) is 13.9. The number of aryl methyl sites for hydroxylation is 2. The Kier molecular flexibility index (Phi) is 15.7. The molecule has 0 N–H and O–H groups in total. The van der Waals surface area contributed by atoms with E-state index in [-0.39, 0.29) is 0 Å². The molecule has 0 aliphatic heterocycles. The molecule has 0 aromatic heterocycles. The van der Waals surface area contributed by atoms with Gasteiger partial charge in [0.2, 0.25) is 0 Å². The summed E-state index contributed by atoms with van der Waals surface area (Å²) in [5.74, 6) is 1.58. The Morgan fingerprint density at radius 2 is 0.880 bits per heavy atom. The minimum atomic E-state index is -0.826. The quantitative estimate of drug-likeness (QED) is 0.123. The van der Waals surface area contributed by atoms with Crippen molar-refractivity contribution in [2.24, 2.45) is 0 Å². The summed E-state index contributed by atoms with van der Waals surface area (Å²) < 4.78 is 0. The zero-order chi connectivity index (χ0) is 35.3. The summed E-state index contributed by atoms with van der Waals surface area (Å²) in [6, 6.07) is 41.1. The van der Waals surface area contributed by atoms with Gasteiger partial charge in [-0.25, -0.2) is 0 Å². The van der Waals surface area contributed by atoms with E-state index in [4.69, 9.17) is 17.0 Å². The average molecular weight is 795 g/mol. The Balaban J connectivity index is 0.000000168. The first kappa shape index (κ1) is 39.0. The van der Waals surface area contributed by atoms with Crippen LogP contribution in [0.25, 0.3) is 43.8 Å². The third-order valence-electron chi connectivity index (χ3n) is 10.4. The molecule has 0 unspecified atom stereocenters. The normalized spacial score (nSPS) is 14.8. The first-order chi connectivity index (χ1) is 24.4. The second-order valence-electron chi connectivity index (χ2n) is 14.2. The van der Waals surface area contributed by atoms with Crippen LogP contribution < -0.4 is 0 Å². The van der Waals surface area contributed by atoms with Gasteiger partial charge in [0, 0.05) is 9.52 Å². The summed E-state index contributed by atoms with van der Waals surface area (Å²) in [4.78, 5) is 0. The predicted molar refractivity (Wildman–Crippen MR) is 220 cm³/mol. The van der Waals surface area contributed by atoms with Crippen molar-refractivity contribution in [2.45, 2.75) is 103 Å². The maximum atomic E-state index is 4.93. The van der Waals surface area contributed by atoms with Crippen molar-refractivity contribution < 1.29 is 20.8 Å². The van der Waals surface area contributed by atoms with Crippen molar-refractivity contribution >= 4 is 48.1 Å². The van der Waals surface area contributed by atoms with E-state index in [1.807, 2.05) is 0 Å². The van der Waals surface area contributed by atoms with Crippen LogP contribution in [0.15, 0.2) is 109 Å². The Bertz CT molecular complexity index is 1730. The van der Waals surface area contributed by atoms with Crippen LogP contribution in [-0.2, 0) is 20.8 Å². The third-order valence-corrected chi connectivity index (χ3v) is 10.4. The third kappa shape index (κ3) is 10.4. The molecule has 4 heteroatoms. The van der Waals surface area contributed by atoms with Crippen LogP contribution in [0.4, 0.5) is 0 Å². The topological polar surface area (TPSA) is 0 Å². The summed E-state index contributed by atoms with van der Waals surface area (Å²) in [6.45, 7) is 8.66. The number of halogens is 2. The van der Waals surface area contributed by atoms with Gasteiger partial charge in [-0.1, -0.05) is 137 Å². The van der Waals surface area contributed by atoms with Gasteiger partial charge in [0.05, 0.1) is 0 Å². The van der Waals surface area contributed by atoms with E-state index in [2.05, 4.69) is 136 Å². The van der Waals surface area contributed by atoms with Crippen molar-refractivity contribution in [3.8, 4) is 22.3 Å². The van der Waals surface area contributed by atoms with Crippen LogP contribution in [0.1, 0.15) is 98.3 Å². The summed E-state index contributed by atoms with van der Waals surface area (Å²) in [7, 11) is 11.0. The number of hydrogen-bond donors (Lipinski definition) is 0. The zero-order valence-corrected chi connectivity index (χ0v) is 35.3. The first-order valence-corrected chi connectivity index (χ1v) is 26.9. The molecule has 0 heterocycles. The second-order valence-corrected chi connectivity index (χ2v) is 18.9. The molecule has 2 saturated carbocycles. The Morgan fingerprint density at radius 1 is 0.540 bits per heavy atom. The molecule has 2 aliphatic rings. The number of rotatable bonds is 4. The predicted octanol–water partition coefficient (Wildman–Crippen LogP) is 15.3. The van der Waals surface area contributed by atoms with Gasteiger partial charge in [0.1, 0.15) is 0 Å². The molecule has 2 fully saturated rings. The van der Waals surface area contributed by atoms with Crippen LogP contribution >= 0.6 is 17.0 Å². The van der Waals surface area contributed by atoms with E-state index in [9.17, 15) is 0 Å². The van der Waals surface area contributed by atoms with Crippen molar-refractivity contribution in [2.75, 3.05) is 0 Å². The standard InChI is InChI=1S/2C22H23.C2H6Si.2ClH.Zr/c2*1-16-14-20-8-5-9-21(22(20)15-16)19-12-10-18(11-13-19)17-6-3-2-4-7-17;1-3-2;;;/h2*5,8-15,17H,2-4,6-7H2,1H3;1-2H3;2*1H;/q2*-1;;;;+4/p-2. The molecule has 50 heavy (non-hydrogen) atoms. The molecule has 258 valence electrons. The fourth-order valence-electron chi connectivity index (χ4n) is 8.01. The summed E-state index contributed by atoms with van der Waals surface area (Å²) >= 11 is -0.826. The van der Waals surface area contributed by atoms with Crippen LogP contribution in [0, 0.1) is 13.8 Å². The molecule has 0 atom stereocenters. The van der Waals surface area contributed by atoms with E-state index in [1.54, 1.807) is 0 Å². The van der Waals surface area contributed by atoms with Crippen molar-refractivity contribution in [3.05, 3.63) is 131 Å². The second kappa shape index (κ2) is 20.1. The van der Waals surface area contributed by atoms with Crippen LogP contribution in [-0.4, -0.2) is 9.52 Å². The fraction of sp³-hybridized carbons (Fsp3) is 0.348. The van der Waals surface area contributed by atoms with E-state index >= 15 is 0 Å². The first-order valence-electron chi connectivity index (χ1n) is 18.5. The average Bonchev–Trinajstić information content (AvgIpc) is 3.74. The molecule has 6 aromatic carbocycles. The van der Waals surface area contributed by atoms with Crippen molar-refractivity contribution in [3.63, 3.8) is 0 Å². The molecule has 0 nitrogen and oxygen atoms in total. The SMILES string of the molecule is C[Si]C.Cc1cc2c(-c3ccc(C4CCCCC4)cc3)cccc2[cH-]1.Cc1cc2c(-c3ccc(C4CCCCC4)cc3)cccc2[cH-]1.[Cl][Zr+2][Cl]. The molecule has 2 radical (unpaired) electrons. The molecule has 0 amide bonds. The van der Waals surface area contributed by atoms with E-state index < -0.39 is 20.8 Å². The van der Waals surface area contributed by atoms with Gasteiger partial charge in [-0.05, 0) is 59.8 Å². The van der Waals surface area contributed by atoms with Gasteiger partial charge >= 0.3 is 37.9 Å². The maximum absolute atomic E-state index is 4.93. The summed E-state index contributed by atoms with van der Waals surface area (Å²) in [5.41, 5.74) is 11.2. The minimum absolute atomic E-state index is 0.791. The van der Waals surface area contributed by atoms with Crippen LogP contribution in [0.2, 0.25) is 13.1 Å². The molecule has 8 rings (SSSR count). The zero-order valence-electron chi connectivity index (χ0n) is 30.4. The summed E-state index contributed by atoms with van der Waals surface area (Å²) in [5, 5.41) is 5.47. The van der Waals surface area contributed by atoms with Gasteiger partial charge in [-0.2, -0.15) is 12.1 Å². The number of fused-ring (bicyclic) bond motifs is 2. The molecule has 0 bridgehead atoms. The van der Waals surface area contributed by atoms with Gasteiger partial charge < -0.3 is 0 Å². The molecular weight excluding hydrogens is 743 g/mol. The van der Waals surface area contributed by atoms with Gasteiger partial charge in [-0.15, -0.1) is 69.1 Å². The molecule has 2 aliphatic carbocycles. The Labute approximate surface area is 323 Å². The fourth-order valence-corrected chi connectivity index (χ4v) is 8.01. The number of hydrogen-bond acceptors (Lipinski definition) is 0.